The quantitative estimate of drug-likeness (QED) is 0.485. The van der Waals surface area contributed by atoms with Gasteiger partial charge in [-0.15, -0.1) is 11.3 Å². The monoisotopic (exact) mass is 567 g/mol. The number of nitrogens with zero attached hydrogens (tertiary/aromatic N) is 2. The number of methoxy groups -OCH3 is 1. The van der Waals surface area contributed by atoms with E-state index in [1.54, 1.807) is 33.3 Å². The summed E-state index contributed by atoms with van der Waals surface area (Å²) in [5.41, 5.74) is 1.38. The summed E-state index contributed by atoms with van der Waals surface area (Å²) in [5, 5.41) is 4.94. The third-order valence-corrected chi connectivity index (χ3v) is 8.53. The van der Waals surface area contributed by atoms with Crippen LogP contribution in [0.3, 0.4) is 0 Å². The second-order valence-electron chi connectivity index (χ2n) is 12.5. The molecule has 2 aliphatic rings. The van der Waals surface area contributed by atoms with Crippen LogP contribution in [0.5, 0.6) is 0 Å². The molecular weight excluding hydrogens is 526 g/mol. The molecule has 2 fully saturated rings. The Bertz CT molecular complexity index is 1220. The van der Waals surface area contributed by atoms with Gasteiger partial charge < -0.3 is 19.9 Å². The summed E-state index contributed by atoms with van der Waals surface area (Å²) in [5.74, 6) is -0.803. The van der Waals surface area contributed by atoms with Crippen molar-refractivity contribution in [2.75, 3.05) is 20.2 Å². The highest BCUT2D eigenvalue weighted by atomic mass is 32.1. The number of fused-ring (bicyclic) bond motifs is 1. The van der Waals surface area contributed by atoms with Crippen LogP contribution in [0.25, 0.3) is 10.4 Å². The molecule has 0 aliphatic carbocycles. The lowest BCUT2D eigenvalue weighted by Crippen LogP contribution is -2.53. The Balaban J connectivity index is 1.47. The fraction of sp³-hybridized carbons (Fsp3) is 0.548. The smallest absolute Gasteiger partial charge is 0.252 e. The van der Waals surface area contributed by atoms with Crippen LogP contribution in [-0.4, -0.2) is 77.7 Å². The van der Waals surface area contributed by atoms with Crippen LogP contribution in [0.1, 0.15) is 64.2 Å². The topological polar surface area (TPSA) is 96.0 Å². The van der Waals surface area contributed by atoms with Crippen molar-refractivity contribution in [1.82, 2.24) is 15.1 Å². The van der Waals surface area contributed by atoms with E-state index < -0.39 is 18.2 Å². The van der Waals surface area contributed by atoms with E-state index >= 15 is 0 Å². The molecule has 1 aromatic heterocycles. The molecule has 40 heavy (non-hydrogen) atoms. The zero-order chi connectivity index (χ0) is 29.2. The predicted octanol–water partition coefficient (Wildman–Crippen LogP) is 4.39. The number of carbonyl (C=O) groups is 4. The molecule has 2 aliphatic heterocycles. The largest absolute Gasteiger partial charge is 0.372 e. The van der Waals surface area contributed by atoms with Crippen molar-refractivity contribution >= 4 is 34.8 Å². The summed E-state index contributed by atoms with van der Waals surface area (Å²) in [6, 6.07) is 9.51. The summed E-state index contributed by atoms with van der Waals surface area (Å²) >= 11 is 1.63. The standard InChI is InChI=1S/C31H41N3O5S/c1-19(2)16-22(32-28(36)21-11-9-20(10-12-21)26-8-7-15-40-26)29(37)33-14-13-23-27(33)24(35)18-34(23)30(38)25(39-6)17-31(3,4)5/h7-12,15,19,22-23,25,27H,13-14,16-18H2,1-6H3,(H,32,36). The Morgan fingerprint density at radius 3 is 2.35 bits per heavy atom. The number of amides is 3. The van der Waals surface area contributed by atoms with Crippen LogP contribution >= 0.6 is 11.3 Å². The second-order valence-corrected chi connectivity index (χ2v) is 13.4. The summed E-state index contributed by atoms with van der Waals surface area (Å²) in [6.07, 6.45) is 0.853. The van der Waals surface area contributed by atoms with Crippen molar-refractivity contribution < 1.29 is 23.9 Å². The van der Waals surface area contributed by atoms with E-state index in [4.69, 9.17) is 4.74 Å². The Kier molecular flexibility index (Phi) is 9.15. The number of ketones is 1. The first-order valence-corrected chi connectivity index (χ1v) is 14.9. The Morgan fingerprint density at radius 2 is 1.77 bits per heavy atom. The van der Waals surface area contributed by atoms with Gasteiger partial charge in [0.05, 0.1) is 12.6 Å². The summed E-state index contributed by atoms with van der Waals surface area (Å²) < 4.78 is 5.52. The second kappa shape index (κ2) is 12.2. The number of rotatable bonds is 9. The molecule has 9 heteroatoms. The third kappa shape index (κ3) is 6.63. The highest BCUT2D eigenvalue weighted by Gasteiger charge is 2.53. The zero-order valence-electron chi connectivity index (χ0n) is 24.3. The third-order valence-electron chi connectivity index (χ3n) is 7.61. The molecule has 0 radical (unpaired) electrons. The average molecular weight is 568 g/mol. The van der Waals surface area contributed by atoms with Gasteiger partial charge in [-0.05, 0) is 59.7 Å². The number of benzene rings is 1. The molecule has 0 saturated carbocycles. The lowest BCUT2D eigenvalue weighted by Gasteiger charge is -2.31. The number of ether oxygens (including phenoxy) is 1. The first kappa shape index (κ1) is 29.9. The van der Waals surface area contributed by atoms with Crippen LogP contribution < -0.4 is 5.32 Å². The zero-order valence-corrected chi connectivity index (χ0v) is 25.1. The molecule has 4 atom stereocenters. The number of nitrogens with one attached hydrogen (secondary N) is 1. The molecule has 4 rings (SSSR count). The molecule has 3 amide bonds. The molecule has 216 valence electrons. The van der Waals surface area contributed by atoms with Crippen LogP contribution in [0, 0.1) is 11.3 Å². The predicted molar refractivity (Wildman–Crippen MR) is 156 cm³/mol. The minimum Gasteiger partial charge on any atom is -0.372 e. The molecule has 1 aromatic carbocycles. The molecule has 2 aromatic rings. The van der Waals surface area contributed by atoms with Gasteiger partial charge in [0, 0.05) is 24.1 Å². The van der Waals surface area contributed by atoms with Gasteiger partial charge >= 0.3 is 0 Å². The van der Waals surface area contributed by atoms with Gasteiger partial charge in [0.2, 0.25) is 5.91 Å². The highest BCUT2D eigenvalue weighted by molar-refractivity contribution is 7.13. The van der Waals surface area contributed by atoms with Crippen LogP contribution in [0.4, 0.5) is 0 Å². The summed E-state index contributed by atoms with van der Waals surface area (Å²) in [7, 11) is 1.52. The van der Waals surface area contributed by atoms with Gasteiger partial charge in [-0.1, -0.05) is 52.8 Å². The van der Waals surface area contributed by atoms with Crippen LogP contribution in [0.15, 0.2) is 41.8 Å². The van der Waals surface area contributed by atoms with E-state index in [1.807, 2.05) is 64.3 Å². The average Bonchev–Trinajstić information content (AvgIpc) is 3.64. The number of carbonyl (C=O) groups excluding carboxylic acids is 4. The minimum atomic E-state index is -0.770. The molecule has 2 saturated heterocycles. The van der Waals surface area contributed by atoms with Gasteiger partial charge in [0.15, 0.2) is 5.78 Å². The maximum absolute atomic E-state index is 13.8. The molecule has 0 spiro atoms. The number of likely N-dealkylation sites (tertiary alicyclic amines) is 2. The van der Waals surface area contributed by atoms with Gasteiger partial charge in [0.25, 0.3) is 11.8 Å². The highest BCUT2D eigenvalue weighted by Crippen LogP contribution is 2.33. The van der Waals surface area contributed by atoms with E-state index in [2.05, 4.69) is 5.32 Å². The summed E-state index contributed by atoms with van der Waals surface area (Å²) in [4.78, 5) is 57.9. The maximum atomic E-state index is 13.8. The van der Waals surface area contributed by atoms with Crippen molar-refractivity contribution in [2.24, 2.45) is 11.3 Å². The fourth-order valence-electron chi connectivity index (χ4n) is 5.73. The van der Waals surface area contributed by atoms with Gasteiger partial charge in [-0.2, -0.15) is 0 Å². The van der Waals surface area contributed by atoms with Crippen molar-refractivity contribution in [2.45, 2.75) is 78.1 Å². The van der Waals surface area contributed by atoms with E-state index in [0.717, 1.165) is 10.4 Å². The molecule has 3 heterocycles. The Hall–Kier alpha value is -3.04. The van der Waals surface area contributed by atoms with E-state index in [1.165, 1.54) is 7.11 Å². The minimum absolute atomic E-state index is 0.0280. The Labute approximate surface area is 241 Å². The van der Waals surface area contributed by atoms with Crippen molar-refractivity contribution in [3.8, 4) is 10.4 Å². The van der Waals surface area contributed by atoms with E-state index in [0.29, 0.717) is 31.4 Å². The van der Waals surface area contributed by atoms with E-state index in [9.17, 15) is 19.2 Å². The number of hydrogen-bond acceptors (Lipinski definition) is 6. The van der Waals surface area contributed by atoms with Crippen LogP contribution in [-0.2, 0) is 19.1 Å². The first-order chi connectivity index (χ1) is 18.9. The maximum Gasteiger partial charge on any atom is 0.252 e. The molecular formula is C31H41N3O5S. The van der Waals surface area contributed by atoms with E-state index in [-0.39, 0.29) is 47.4 Å². The lowest BCUT2D eigenvalue weighted by molar-refractivity contribution is -0.145. The van der Waals surface area contributed by atoms with Crippen molar-refractivity contribution in [3.63, 3.8) is 0 Å². The first-order valence-electron chi connectivity index (χ1n) is 14.0. The molecule has 1 N–H and O–H groups in total. The molecule has 0 bridgehead atoms. The summed E-state index contributed by atoms with van der Waals surface area (Å²) in [6.45, 7) is 10.5. The van der Waals surface area contributed by atoms with Gasteiger partial charge in [-0.25, -0.2) is 0 Å². The van der Waals surface area contributed by atoms with Crippen molar-refractivity contribution in [1.29, 1.82) is 0 Å². The van der Waals surface area contributed by atoms with Gasteiger partial charge in [-0.3, -0.25) is 19.2 Å². The number of thiophene rings is 1. The normalized spacial score (nSPS) is 20.5. The van der Waals surface area contributed by atoms with Crippen molar-refractivity contribution in [3.05, 3.63) is 47.3 Å². The fourth-order valence-corrected chi connectivity index (χ4v) is 6.47. The van der Waals surface area contributed by atoms with Crippen LogP contribution in [0.2, 0.25) is 0 Å². The number of Topliss-reactive ketones (excluding diaryl/α,β-unsaturated/α-hetero) is 1. The molecule has 4 unspecified atom stereocenters. The number of hydrogen-bond donors (Lipinski definition) is 1. The molecule has 8 nitrogen and oxygen atoms in total. The Morgan fingerprint density at radius 1 is 1.07 bits per heavy atom. The SMILES string of the molecule is COC(CC(C)(C)C)C(=O)N1CC(=O)C2C1CCN2C(=O)C(CC(C)C)NC(=O)c1ccc(-c2cccs2)cc1. The lowest BCUT2D eigenvalue weighted by atomic mass is 9.88. The van der Waals surface area contributed by atoms with Gasteiger partial charge in [0.1, 0.15) is 18.2 Å².